The van der Waals surface area contributed by atoms with E-state index in [1.807, 2.05) is 23.7 Å². The van der Waals surface area contributed by atoms with Gasteiger partial charge in [0.25, 0.3) is 0 Å². The lowest BCUT2D eigenvalue weighted by Gasteiger charge is -2.08. The summed E-state index contributed by atoms with van der Waals surface area (Å²) >= 11 is 1.29. The van der Waals surface area contributed by atoms with Gasteiger partial charge < -0.3 is 15.2 Å². The third kappa shape index (κ3) is 4.91. The van der Waals surface area contributed by atoms with Crippen LogP contribution in [-0.4, -0.2) is 37.3 Å². The third-order valence-corrected chi connectivity index (χ3v) is 4.57. The molecule has 3 aromatic rings. The first-order valence-electron chi connectivity index (χ1n) is 8.13. The highest BCUT2D eigenvalue weighted by Gasteiger charge is 2.13. The summed E-state index contributed by atoms with van der Waals surface area (Å²) in [5, 5.41) is 14.4. The van der Waals surface area contributed by atoms with E-state index in [-0.39, 0.29) is 17.6 Å². The van der Waals surface area contributed by atoms with Crippen LogP contribution >= 0.6 is 11.8 Å². The van der Waals surface area contributed by atoms with Crippen molar-refractivity contribution >= 4 is 35.0 Å². The summed E-state index contributed by atoms with van der Waals surface area (Å²) in [6.45, 7) is 1.43. The fraction of sp³-hybridized carbons (Fsp3) is 0.167. The summed E-state index contributed by atoms with van der Waals surface area (Å²) in [4.78, 5) is 27.4. The fourth-order valence-corrected chi connectivity index (χ4v) is 3.10. The number of thioether (sulfide) groups is 1. The maximum absolute atomic E-state index is 12.2. The Balaban J connectivity index is 1.60. The van der Waals surface area contributed by atoms with Crippen molar-refractivity contribution in [3.8, 4) is 11.4 Å². The maximum Gasteiger partial charge on any atom is 0.234 e. The average molecular weight is 382 g/mol. The molecule has 0 aliphatic rings. The molecule has 27 heavy (non-hydrogen) atoms. The summed E-state index contributed by atoms with van der Waals surface area (Å²) < 4.78 is 1.83. The molecule has 0 atom stereocenters. The number of rotatable bonds is 6. The van der Waals surface area contributed by atoms with Crippen molar-refractivity contribution in [1.29, 1.82) is 0 Å². The van der Waals surface area contributed by atoms with Crippen LogP contribution in [0.2, 0.25) is 0 Å². The van der Waals surface area contributed by atoms with Gasteiger partial charge in [-0.15, -0.1) is 10.2 Å². The zero-order valence-corrected chi connectivity index (χ0v) is 15.7. The van der Waals surface area contributed by atoms with Crippen LogP contribution in [0.4, 0.5) is 11.4 Å². The van der Waals surface area contributed by atoms with Crippen LogP contribution in [0.3, 0.4) is 0 Å². The number of amides is 2. The Hall–Kier alpha value is -3.20. The lowest BCUT2D eigenvalue weighted by molar-refractivity contribution is -0.114. The third-order valence-electron chi connectivity index (χ3n) is 3.55. The topological polar surface area (TPSA) is 102 Å². The molecule has 0 saturated heterocycles. The molecule has 0 aliphatic carbocycles. The van der Waals surface area contributed by atoms with Crippen LogP contribution in [-0.2, 0) is 16.6 Å². The van der Waals surface area contributed by atoms with Gasteiger partial charge >= 0.3 is 0 Å². The predicted octanol–water partition coefficient (Wildman–Crippen LogP) is 2.57. The molecule has 0 aliphatic heterocycles. The van der Waals surface area contributed by atoms with Gasteiger partial charge in [-0.1, -0.05) is 17.8 Å². The number of aromatic nitrogens is 4. The Kier molecular flexibility index (Phi) is 5.82. The van der Waals surface area contributed by atoms with E-state index in [4.69, 9.17) is 0 Å². The quantitative estimate of drug-likeness (QED) is 0.635. The van der Waals surface area contributed by atoms with E-state index >= 15 is 0 Å². The number of anilines is 2. The van der Waals surface area contributed by atoms with Crippen molar-refractivity contribution in [3.63, 3.8) is 0 Å². The molecule has 9 heteroatoms. The minimum absolute atomic E-state index is 0.166. The first kappa shape index (κ1) is 18.6. The molecule has 2 N–H and O–H groups in total. The summed E-state index contributed by atoms with van der Waals surface area (Å²) in [6.07, 6.45) is 3.41. The molecule has 3 rings (SSSR count). The van der Waals surface area contributed by atoms with Gasteiger partial charge in [0.05, 0.1) is 5.75 Å². The van der Waals surface area contributed by atoms with Crippen molar-refractivity contribution in [2.75, 3.05) is 16.4 Å². The van der Waals surface area contributed by atoms with Crippen molar-refractivity contribution < 1.29 is 9.59 Å². The van der Waals surface area contributed by atoms with Crippen molar-refractivity contribution in [1.82, 2.24) is 19.7 Å². The number of hydrogen-bond donors (Lipinski definition) is 2. The number of nitrogens with one attached hydrogen (secondary N) is 2. The number of carbonyl (C=O) groups is 2. The molecule has 8 nitrogen and oxygen atoms in total. The van der Waals surface area contributed by atoms with Gasteiger partial charge in [-0.05, 0) is 30.3 Å². The van der Waals surface area contributed by atoms with E-state index in [1.54, 1.807) is 36.7 Å². The van der Waals surface area contributed by atoms with Gasteiger partial charge in [-0.2, -0.15) is 0 Å². The molecule has 1 aromatic carbocycles. The van der Waals surface area contributed by atoms with Crippen LogP contribution in [0.25, 0.3) is 11.4 Å². The Bertz CT molecular complexity index is 957. The summed E-state index contributed by atoms with van der Waals surface area (Å²) in [6, 6.07) is 10.7. The molecule has 2 aromatic heterocycles. The van der Waals surface area contributed by atoms with Crippen LogP contribution in [0.1, 0.15) is 6.92 Å². The zero-order chi connectivity index (χ0) is 19.2. The SMILES string of the molecule is CC(=O)Nc1cccc(NC(=O)CSc2nnc(-c3cccnc3)n2C)c1. The predicted molar refractivity (Wildman–Crippen MR) is 104 cm³/mol. The second-order valence-corrected chi connectivity index (χ2v) is 6.65. The van der Waals surface area contributed by atoms with E-state index < -0.39 is 0 Å². The van der Waals surface area contributed by atoms with Crippen LogP contribution < -0.4 is 10.6 Å². The van der Waals surface area contributed by atoms with E-state index in [0.29, 0.717) is 22.4 Å². The molecular formula is C18H18N6O2S. The monoisotopic (exact) mass is 382 g/mol. The molecule has 0 bridgehead atoms. The normalized spacial score (nSPS) is 10.4. The van der Waals surface area contributed by atoms with Crippen molar-refractivity contribution in [3.05, 3.63) is 48.8 Å². The van der Waals surface area contributed by atoms with E-state index in [2.05, 4.69) is 25.8 Å². The molecule has 0 saturated carbocycles. The van der Waals surface area contributed by atoms with Gasteiger partial charge in [0, 0.05) is 43.3 Å². The largest absolute Gasteiger partial charge is 0.326 e. The van der Waals surface area contributed by atoms with Gasteiger partial charge in [-0.25, -0.2) is 0 Å². The van der Waals surface area contributed by atoms with Gasteiger partial charge in [0.15, 0.2) is 11.0 Å². The first-order valence-corrected chi connectivity index (χ1v) is 9.11. The van der Waals surface area contributed by atoms with Crippen LogP contribution in [0.15, 0.2) is 53.9 Å². The minimum atomic E-state index is -0.175. The lowest BCUT2D eigenvalue weighted by Crippen LogP contribution is -2.15. The number of pyridine rings is 1. The van der Waals surface area contributed by atoms with Gasteiger partial charge in [0.2, 0.25) is 11.8 Å². The van der Waals surface area contributed by atoms with Gasteiger partial charge in [0.1, 0.15) is 0 Å². The maximum atomic E-state index is 12.2. The number of benzene rings is 1. The Morgan fingerprint density at radius 2 is 1.89 bits per heavy atom. The standard InChI is InChI=1S/C18H18N6O2S/c1-12(25)20-14-6-3-7-15(9-14)21-16(26)11-27-18-23-22-17(24(18)2)13-5-4-8-19-10-13/h3-10H,11H2,1-2H3,(H,20,25)(H,21,26). The number of nitrogens with zero attached hydrogens (tertiary/aromatic N) is 4. The molecule has 0 fully saturated rings. The second-order valence-electron chi connectivity index (χ2n) is 5.71. The summed E-state index contributed by atoms with van der Waals surface area (Å²) in [5.41, 5.74) is 2.10. The Morgan fingerprint density at radius 1 is 1.11 bits per heavy atom. The molecule has 0 spiro atoms. The molecule has 0 radical (unpaired) electrons. The minimum Gasteiger partial charge on any atom is -0.326 e. The zero-order valence-electron chi connectivity index (χ0n) is 14.8. The Morgan fingerprint density at radius 3 is 2.59 bits per heavy atom. The van der Waals surface area contributed by atoms with Crippen LogP contribution in [0.5, 0.6) is 0 Å². The summed E-state index contributed by atoms with van der Waals surface area (Å²) in [7, 11) is 1.85. The Labute approximate surface area is 160 Å². The number of hydrogen-bond acceptors (Lipinski definition) is 6. The fourth-order valence-electron chi connectivity index (χ4n) is 2.39. The van der Waals surface area contributed by atoms with E-state index in [1.165, 1.54) is 18.7 Å². The second kappa shape index (κ2) is 8.45. The molecule has 2 amide bonds. The highest BCUT2D eigenvalue weighted by molar-refractivity contribution is 7.99. The number of carbonyl (C=O) groups excluding carboxylic acids is 2. The molecule has 138 valence electrons. The average Bonchev–Trinajstić information content (AvgIpc) is 3.01. The highest BCUT2D eigenvalue weighted by Crippen LogP contribution is 2.22. The molecule has 0 unspecified atom stereocenters. The lowest BCUT2D eigenvalue weighted by atomic mass is 10.2. The van der Waals surface area contributed by atoms with Gasteiger partial charge in [-0.3, -0.25) is 14.6 Å². The molecule has 2 heterocycles. The van der Waals surface area contributed by atoms with Crippen molar-refractivity contribution in [2.24, 2.45) is 7.05 Å². The smallest absolute Gasteiger partial charge is 0.234 e. The van der Waals surface area contributed by atoms with E-state index in [0.717, 1.165) is 5.56 Å². The molecular weight excluding hydrogens is 364 g/mol. The first-order chi connectivity index (χ1) is 13.0. The highest BCUT2D eigenvalue weighted by atomic mass is 32.2. The van der Waals surface area contributed by atoms with Crippen molar-refractivity contribution in [2.45, 2.75) is 12.1 Å². The summed E-state index contributed by atoms with van der Waals surface area (Å²) in [5.74, 6) is 0.532. The van der Waals surface area contributed by atoms with E-state index in [9.17, 15) is 9.59 Å². The van der Waals surface area contributed by atoms with Crippen LogP contribution in [0, 0.1) is 0 Å².